The zero-order valence-corrected chi connectivity index (χ0v) is 10.6. The standard InChI is InChI=1S/C9H7Cl2N3O5/c10-5-1-3(7(11)14-13-5)8(17)12-4(9(18)19)2-6(15)16/h1,4H,2H2,(H,12,17)(H,15,16)(H,18,19). The molecule has 1 aromatic rings. The Hall–Kier alpha value is -1.93. The summed E-state index contributed by atoms with van der Waals surface area (Å²) in [5.41, 5.74) is -0.196. The number of aromatic nitrogens is 2. The van der Waals surface area contributed by atoms with Gasteiger partial charge >= 0.3 is 11.9 Å². The van der Waals surface area contributed by atoms with E-state index < -0.39 is 30.3 Å². The highest BCUT2D eigenvalue weighted by Crippen LogP contribution is 2.15. The maximum Gasteiger partial charge on any atom is 0.326 e. The van der Waals surface area contributed by atoms with E-state index in [1.54, 1.807) is 0 Å². The number of carbonyl (C=O) groups excluding carboxylic acids is 1. The van der Waals surface area contributed by atoms with Crippen LogP contribution in [-0.4, -0.2) is 44.3 Å². The van der Waals surface area contributed by atoms with Gasteiger partial charge in [0.25, 0.3) is 5.91 Å². The summed E-state index contributed by atoms with van der Waals surface area (Å²) < 4.78 is 0. The lowest BCUT2D eigenvalue weighted by Crippen LogP contribution is -2.42. The van der Waals surface area contributed by atoms with Gasteiger partial charge in [-0.25, -0.2) is 4.79 Å². The third kappa shape index (κ3) is 4.34. The zero-order valence-electron chi connectivity index (χ0n) is 9.13. The van der Waals surface area contributed by atoms with Gasteiger partial charge in [0.05, 0.1) is 12.0 Å². The van der Waals surface area contributed by atoms with Gasteiger partial charge in [-0.05, 0) is 6.07 Å². The van der Waals surface area contributed by atoms with Crippen LogP contribution in [0.5, 0.6) is 0 Å². The molecule has 0 aromatic carbocycles. The number of carbonyl (C=O) groups is 3. The second-order valence-electron chi connectivity index (χ2n) is 3.33. The molecule has 0 saturated heterocycles. The number of hydrogen-bond donors (Lipinski definition) is 3. The third-order valence-corrected chi connectivity index (χ3v) is 2.41. The molecule has 1 rings (SSSR count). The molecule has 0 saturated carbocycles. The lowest BCUT2D eigenvalue weighted by molar-refractivity contribution is -0.145. The summed E-state index contributed by atoms with van der Waals surface area (Å²) >= 11 is 11.1. The normalized spacial score (nSPS) is 11.7. The predicted molar refractivity (Wildman–Crippen MR) is 63.2 cm³/mol. The van der Waals surface area contributed by atoms with Gasteiger partial charge in [0, 0.05) is 0 Å². The minimum atomic E-state index is -1.59. The molecule has 0 aliphatic carbocycles. The van der Waals surface area contributed by atoms with Crippen LogP contribution in [0.15, 0.2) is 6.07 Å². The Kier molecular flexibility index (Phi) is 5.02. The van der Waals surface area contributed by atoms with E-state index in [9.17, 15) is 14.4 Å². The predicted octanol–water partition coefficient (Wildman–Crippen LogP) is 0.441. The maximum absolute atomic E-state index is 11.7. The first-order chi connectivity index (χ1) is 8.81. The van der Waals surface area contributed by atoms with Crippen LogP contribution in [0.2, 0.25) is 10.3 Å². The van der Waals surface area contributed by atoms with Crippen LogP contribution < -0.4 is 5.32 Å². The minimum Gasteiger partial charge on any atom is -0.481 e. The monoisotopic (exact) mass is 307 g/mol. The Morgan fingerprint density at radius 3 is 2.42 bits per heavy atom. The van der Waals surface area contributed by atoms with Crippen LogP contribution in [0.25, 0.3) is 0 Å². The van der Waals surface area contributed by atoms with Crippen LogP contribution in [0.3, 0.4) is 0 Å². The summed E-state index contributed by atoms with van der Waals surface area (Å²) in [5, 5.41) is 25.7. The highest BCUT2D eigenvalue weighted by molar-refractivity contribution is 6.34. The fraction of sp³-hybridized carbons (Fsp3) is 0.222. The Balaban J connectivity index is 2.90. The van der Waals surface area contributed by atoms with Crippen molar-refractivity contribution in [2.75, 3.05) is 0 Å². The van der Waals surface area contributed by atoms with Crippen molar-refractivity contribution < 1.29 is 24.6 Å². The van der Waals surface area contributed by atoms with Gasteiger partial charge in [-0.3, -0.25) is 9.59 Å². The average molecular weight is 308 g/mol. The Morgan fingerprint density at radius 2 is 1.89 bits per heavy atom. The first kappa shape index (κ1) is 15.1. The molecule has 1 amide bonds. The Morgan fingerprint density at radius 1 is 1.26 bits per heavy atom. The van der Waals surface area contributed by atoms with Gasteiger partial charge in [-0.2, -0.15) is 0 Å². The largest absolute Gasteiger partial charge is 0.481 e. The Bertz CT molecular complexity index is 537. The molecule has 0 fully saturated rings. The van der Waals surface area contributed by atoms with Crippen molar-refractivity contribution in [1.82, 2.24) is 15.5 Å². The summed E-state index contributed by atoms with van der Waals surface area (Å²) in [4.78, 5) is 33.0. The molecular formula is C9H7Cl2N3O5. The molecule has 1 aromatic heterocycles. The number of nitrogens with zero attached hydrogens (tertiary/aromatic N) is 2. The highest BCUT2D eigenvalue weighted by Gasteiger charge is 2.25. The topological polar surface area (TPSA) is 129 Å². The number of nitrogens with one attached hydrogen (secondary N) is 1. The summed E-state index contributed by atoms with van der Waals surface area (Å²) in [6, 6.07) is -0.501. The number of rotatable bonds is 5. The van der Waals surface area contributed by atoms with Gasteiger partial charge in [-0.1, -0.05) is 23.2 Å². The summed E-state index contributed by atoms with van der Waals surface area (Å²) in [6.45, 7) is 0. The second kappa shape index (κ2) is 6.30. The van der Waals surface area contributed by atoms with E-state index in [1.165, 1.54) is 0 Å². The highest BCUT2D eigenvalue weighted by atomic mass is 35.5. The minimum absolute atomic E-state index is 0.111. The molecule has 1 unspecified atom stereocenters. The number of aliphatic carboxylic acids is 2. The number of carboxylic acids is 2. The van der Waals surface area contributed by atoms with E-state index in [2.05, 4.69) is 10.2 Å². The van der Waals surface area contributed by atoms with Crippen molar-refractivity contribution in [2.45, 2.75) is 12.5 Å². The van der Waals surface area contributed by atoms with Crippen molar-refractivity contribution >= 4 is 41.0 Å². The van der Waals surface area contributed by atoms with Crippen LogP contribution in [-0.2, 0) is 9.59 Å². The van der Waals surface area contributed by atoms with Gasteiger partial charge in [0.1, 0.15) is 6.04 Å². The first-order valence-corrected chi connectivity index (χ1v) is 5.51. The number of halogens is 2. The van der Waals surface area contributed by atoms with Crippen molar-refractivity contribution in [2.24, 2.45) is 0 Å². The van der Waals surface area contributed by atoms with E-state index in [4.69, 9.17) is 33.4 Å². The second-order valence-corrected chi connectivity index (χ2v) is 4.08. The SMILES string of the molecule is O=C(O)CC(NC(=O)c1cc(Cl)nnc1Cl)C(=O)O. The van der Waals surface area contributed by atoms with Gasteiger partial charge in [0.2, 0.25) is 0 Å². The van der Waals surface area contributed by atoms with E-state index in [1.807, 2.05) is 5.32 Å². The van der Waals surface area contributed by atoms with Crippen molar-refractivity contribution in [1.29, 1.82) is 0 Å². The smallest absolute Gasteiger partial charge is 0.326 e. The molecule has 0 spiro atoms. The van der Waals surface area contributed by atoms with E-state index in [-0.39, 0.29) is 15.9 Å². The molecule has 10 heteroatoms. The molecule has 0 aliphatic rings. The molecule has 3 N–H and O–H groups in total. The van der Waals surface area contributed by atoms with E-state index in [0.29, 0.717) is 0 Å². The zero-order chi connectivity index (χ0) is 14.6. The van der Waals surface area contributed by atoms with Gasteiger partial charge in [-0.15, -0.1) is 10.2 Å². The van der Waals surface area contributed by atoms with E-state index >= 15 is 0 Å². The fourth-order valence-corrected chi connectivity index (χ4v) is 1.45. The fourth-order valence-electron chi connectivity index (χ4n) is 1.12. The molecule has 0 radical (unpaired) electrons. The third-order valence-electron chi connectivity index (χ3n) is 1.95. The molecule has 19 heavy (non-hydrogen) atoms. The first-order valence-electron chi connectivity index (χ1n) is 4.75. The lowest BCUT2D eigenvalue weighted by Gasteiger charge is -2.12. The summed E-state index contributed by atoms with van der Waals surface area (Å²) in [7, 11) is 0. The van der Waals surface area contributed by atoms with Crippen molar-refractivity contribution in [3.63, 3.8) is 0 Å². The van der Waals surface area contributed by atoms with Crippen molar-refractivity contribution in [3.05, 3.63) is 21.9 Å². The van der Waals surface area contributed by atoms with Crippen LogP contribution >= 0.6 is 23.2 Å². The van der Waals surface area contributed by atoms with Crippen LogP contribution in [0.1, 0.15) is 16.8 Å². The number of carboxylic acid groups (broad SMARTS) is 2. The molecule has 1 heterocycles. The molecule has 102 valence electrons. The lowest BCUT2D eigenvalue weighted by atomic mass is 10.2. The van der Waals surface area contributed by atoms with Crippen LogP contribution in [0, 0.1) is 0 Å². The molecule has 0 bridgehead atoms. The van der Waals surface area contributed by atoms with Crippen LogP contribution in [0.4, 0.5) is 0 Å². The number of hydrogen-bond acceptors (Lipinski definition) is 5. The quantitative estimate of drug-likeness (QED) is 0.719. The van der Waals surface area contributed by atoms with Gasteiger partial charge < -0.3 is 15.5 Å². The molecule has 1 atom stereocenters. The maximum atomic E-state index is 11.7. The summed E-state index contributed by atoms with van der Waals surface area (Å²) in [6.07, 6.45) is -0.773. The van der Waals surface area contributed by atoms with Gasteiger partial charge in [0.15, 0.2) is 10.3 Å². The molecular weight excluding hydrogens is 301 g/mol. The number of amides is 1. The average Bonchev–Trinajstić information content (AvgIpc) is 2.30. The summed E-state index contributed by atoms with van der Waals surface area (Å²) in [5.74, 6) is -3.76. The Labute approximate surface area is 116 Å². The molecule has 8 nitrogen and oxygen atoms in total. The van der Waals surface area contributed by atoms with Crippen molar-refractivity contribution in [3.8, 4) is 0 Å². The van der Waals surface area contributed by atoms with E-state index in [0.717, 1.165) is 6.07 Å². The molecule has 0 aliphatic heterocycles.